The fourth-order valence-corrected chi connectivity index (χ4v) is 5.38. The van der Waals surface area contributed by atoms with Crippen LogP contribution in [-0.2, 0) is 9.53 Å². The zero-order valence-corrected chi connectivity index (χ0v) is 17.9. The minimum absolute atomic E-state index is 0.00113. The Labute approximate surface area is 179 Å². The number of nitrogens with one attached hydrogen (secondary N) is 1. The molecule has 3 aliphatic rings. The number of carbonyl (C=O) groups is 2. The predicted octanol–water partition coefficient (Wildman–Crippen LogP) is 3.38. The maximum atomic E-state index is 13.2. The van der Waals surface area contributed by atoms with Gasteiger partial charge < -0.3 is 19.9 Å². The van der Waals surface area contributed by atoms with Crippen molar-refractivity contribution in [1.82, 2.24) is 15.1 Å². The van der Waals surface area contributed by atoms with Crippen LogP contribution in [-0.4, -0.2) is 67.2 Å². The molecule has 1 aromatic carbocycles. The molecular formula is C24H35N3O3. The molecule has 2 aliphatic heterocycles. The summed E-state index contributed by atoms with van der Waals surface area (Å²) in [5.74, 6) is 0.367. The Morgan fingerprint density at radius 2 is 1.70 bits per heavy atom. The molecule has 6 nitrogen and oxygen atoms in total. The first kappa shape index (κ1) is 21.2. The first-order valence-corrected chi connectivity index (χ1v) is 11.7. The monoisotopic (exact) mass is 413 g/mol. The maximum Gasteiger partial charge on any atom is 0.317 e. The average molecular weight is 414 g/mol. The fourth-order valence-electron chi connectivity index (χ4n) is 5.38. The number of morpholine rings is 1. The van der Waals surface area contributed by atoms with E-state index in [0.29, 0.717) is 44.8 Å². The summed E-state index contributed by atoms with van der Waals surface area (Å²) >= 11 is 0. The van der Waals surface area contributed by atoms with Crippen LogP contribution in [0.5, 0.6) is 0 Å². The summed E-state index contributed by atoms with van der Waals surface area (Å²) in [5.41, 5.74) is 0.958. The molecule has 0 radical (unpaired) electrons. The largest absolute Gasteiger partial charge is 0.378 e. The van der Waals surface area contributed by atoms with E-state index in [2.05, 4.69) is 10.2 Å². The van der Waals surface area contributed by atoms with Crippen LogP contribution in [0.1, 0.15) is 56.4 Å². The highest BCUT2D eigenvalue weighted by molar-refractivity contribution is 5.85. The maximum absolute atomic E-state index is 13.2. The van der Waals surface area contributed by atoms with E-state index in [4.69, 9.17) is 4.74 Å². The summed E-state index contributed by atoms with van der Waals surface area (Å²) in [7, 11) is 0. The predicted molar refractivity (Wildman–Crippen MR) is 116 cm³/mol. The van der Waals surface area contributed by atoms with Crippen molar-refractivity contribution in [2.24, 2.45) is 5.92 Å². The van der Waals surface area contributed by atoms with Gasteiger partial charge in [-0.25, -0.2) is 4.79 Å². The quantitative estimate of drug-likeness (QED) is 0.805. The molecule has 1 saturated carbocycles. The van der Waals surface area contributed by atoms with Crippen molar-refractivity contribution in [3.8, 4) is 0 Å². The molecule has 2 unspecified atom stereocenters. The number of carbonyl (C=O) groups excluding carboxylic acids is 2. The van der Waals surface area contributed by atoms with Crippen molar-refractivity contribution < 1.29 is 14.3 Å². The van der Waals surface area contributed by atoms with Crippen LogP contribution in [0.15, 0.2) is 30.3 Å². The number of amides is 3. The highest BCUT2D eigenvalue weighted by Crippen LogP contribution is 2.34. The second-order valence-electron chi connectivity index (χ2n) is 8.89. The van der Waals surface area contributed by atoms with Crippen LogP contribution in [0, 0.1) is 5.92 Å². The van der Waals surface area contributed by atoms with Gasteiger partial charge >= 0.3 is 6.03 Å². The number of rotatable bonds is 5. The molecular weight excluding hydrogens is 378 g/mol. The van der Waals surface area contributed by atoms with Crippen molar-refractivity contribution in [2.45, 2.75) is 56.9 Å². The lowest BCUT2D eigenvalue weighted by molar-refractivity contribution is -0.136. The Hall–Kier alpha value is -2.08. The molecule has 3 amide bonds. The van der Waals surface area contributed by atoms with Crippen LogP contribution < -0.4 is 5.32 Å². The topological polar surface area (TPSA) is 61.9 Å². The van der Waals surface area contributed by atoms with E-state index in [-0.39, 0.29) is 17.9 Å². The van der Waals surface area contributed by atoms with Gasteiger partial charge in [-0.05, 0) is 37.2 Å². The molecule has 1 aromatic rings. The smallest absolute Gasteiger partial charge is 0.317 e. The number of likely N-dealkylation sites (tertiary alicyclic amines) is 1. The van der Waals surface area contributed by atoms with E-state index in [0.717, 1.165) is 24.9 Å². The second kappa shape index (κ2) is 10.3. The van der Waals surface area contributed by atoms with Crippen molar-refractivity contribution in [3.05, 3.63) is 35.9 Å². The van der Waals surface area contributed by atoms with Gasteiger partial charge in [0.15, 0.2) is 0 Å². The number of benzene rings is 1. The fraction of sp³-hybridized carbons (Fsp3) is 0.667. The molecule has 0 aromatic heterocycles. The zero-order chi connectivity index (χ0) is 20.8. The van der Waals surface area contributed by atoms with Crippen molar-refractivity contribution in [2.75, 3.05) is 39.4 Å². The van der Waals surface area contributed by atoms with Gasteiger partial charge in [0.05, 0.1) is 19.1 Å². The van der Waals surface area contributed by atoms with Crippen molar-refractivity contribution >= 4 is 11.9 Å². The normalized spacial score (nSPS) is 23.9. The van der Waals surface area contributed by atoms with Gasteiger partial charge in [0.2, 0.25) is 5.91 Å². The average Bonchev–Trinajstić information content (AvgIpc) is 3.31. The van der Waals surface area contributed by atoms with Gasteiger partial charge in [0, 0.05) is 32.2 Å². The Bertz CT molecular complexity index is 699. The van der Waals surface area contributed by atoms with Gasteiger partial charge in [-0.2, -0.15) is 0 Å². The Morgan fingerprint density at radius 1 is 0.967 bits per heavy atom. The second-order valence-corrected chi connectivity index (χ2v) is 8.89. The van der Waals surface area contributed by atoms with Crippen LogP contribution in [0.25, 0.3) is 0 Å². The lowest BCUT2D eigenvalue weighted by Crippen LogP contribution is -2.49. The van der Waals surface area contributed by atoms with Gasteiger partial charge in [-0.3, -0.25) is 4.79 Å². The summed E-state index contributed by atoms with van der Waals surface area (Å²) in [6.45, 7) is 3.57. The minimum atomic E-state index is -0.357. The van der Waals surface area contributed by atoms with Gasteiger partial charge in [0.25, 0.3) is 0 Å². The molecule has 2 heterocycles. The van der Waals surface area contributed by atoms with Gasteiger partial charge in [-0.15, -0.1) is 0 Å². The highest BCUT2D eigenvalue weighted by Gasteiger charge is 2.36. The highest BCUT2D eigenvalue weighted by atomic mass is 16.5. The number of hydrogen-bond acceptors (Lipinski definition) is 3. The first-order valence-electron chi connectivity index (χ1n) is 11.7. The SMILES string of the molecule is O=C(C(CNC(=O)N1CCCC1C1CCCCC1)c1ccccc1)N1CCOCC1. The molecule has 4 rings (SSSR count). The number of hydrogen-bond donors (Lipinski definition) is 1. The summed E-state index contributed by atoms with van der Waals surface area (Å²) < 4.78 is 5.40. The van der Waals surface area contributed by atoms with Crippen molar-refractivity contribution in [3.63, 3.8) is 0 Å². The summed E-state index contributed by atoms with van der Waals surface area (Å²) in [6.07, 6.45) is 8.61. The molecule has 30 heavy (non-hydrogen) atoms. The molecule has 1 N–H and O–H groups in total. The van der Waals surface area contributed by atoms with E-state index >= 15 is 0 Å². The number of nitrogens with zero attached hydrogens (tertiary/aromatic N) is 2. The Morgan fingerprint density at radius 3 is 2.43 bits per heavy atom. The summed E-state index contributed by atoms with van der Waals surface area (Å²) in [4.78, 5) is 30.3. The Balaban J connectivity index is 1.41. The summed E-state index contributed by atoms with van der Waals surface area (Å²) in [5, 5.41) is 3.12. The molecule has 0 spiro atoms. The third kappa shape index (κ3) is 4.97. The van der Waals surface area contributed by atoms with Gasteiger partial charge in [0.1, 0.15) is 0 Å². The zero-order valence-electron chi connectivity index (χ0n) is 17.9. The number of urea groups is 1. The molecule has 164 valence electrons. The van der Waals surface area contributed by atoms with Crippen LogP contribution in [0.2, 0.25) is 0 Å². The first-order chi connectivity index (χ1) is 14.7. The van der Waals surface area contributed by atoms with Crippen LogP contribution >= 0.6 is 0 Å². The van der Waals surface area contributed by atoms with E-state index in [1.54, 1.807) is 0 Å². The third-order valence-corrected chi connectivity index (χ3v) is 7.03. The van der Waals surface area contributed by atoms with E-state index < -0.39 is 0 Å². The van der Waals surface area contributed by atoms with E-state index in [9.17, 15) is 9.59 Å². The molecule has 2 atom stereocenters. The third-order valence-electron chi connectivity index (χ3n) is 7.03. The van der Waals surface area contributed by atoms with Crippen LogP contribution in [0.3, 0.4) is 0 Å². The molecule has 1 aliphatic carbocycles. The molecule has 2 saturated heterocycles. The lowest BCUT2D eigenvalue weighted by Gasteiger charge is -2.35. The molecule has 3 fully saturated rings. The lowest BCUT2D eigenvalue weighted by atomic mass is 9.83. The summed E-state index contributed by atoms with van der Waals surface area (Å²) in [6, 6.07) is 10.2. The molecule has 0 bridgehead atoms. The van der Waals surface area contributed by atoms with Crippen LogP contribution in [0.4, 0.5) is 4.79 Å². The van der Waals surface area contributed by atoms with E-state index in [1.165, 1.54) is 32.1 Å². The molecule has 6 heteroatoms. The van der Waals surface area contributed by atoms with E-state index in [1.807, 2.05) is 35.2 Å². The Kier molecular flexibility index (Phi) is 7.26. The standard InChI is InChI=1S/C24H35N3O3/c28-23(26-14-16-30-17-15-26)21(19-8-3-1-4-9-19)18-25-24(29)27-13-7-12-22(27)20-10-5-2-6-11-20/h1,3-4,8-9,20-22H,2,5-7,10-18H2,(H,25,29). The number of ether oxygens (including phenoxy) is 1. The van der Waals surface area contributed by atoms with Crippen molar-refractivity contribution in [1.29, 1.82) is 0 Å². The minimum Gasteiger partial charge on any atom is -0.378 e. The van der Waals surface area contributed by atoms with Gasteiger partial charge in [-0.1, -0.05) is 49.6 Å².